The molecule has 0 aromatic heterocycles. The van der Waals surface area contributed by atoms with Crippen LogP contribution in [0.25, 0.3) is 0 Å². The highest BCUT2D eigenvalue weighted by Crippen LogP contribution is 2.33. The van der Waals surface area contributed by atoms with Crippen molar-refractivity contribution in [2.24, 2.45) is 0 Å². The molecule has 5 heteroatoms. The summed E-state index contributed by atoms with van der Waals surface area (Å²) in [6, 6.07) is 3.50. The van der Waals surface area contributed by atoms with Gasteiger partial charge in [0.2, 0.25) is 0 Å². The van der Waals surface area contributed by atoms with Crippen molar-refractivity contribution in [3.8, 4) is 5.75 Å². The van der Waals surface area contributed by atoms with Gasteiger partial charge in [-0.1, -0.05) is 22.0 Å². The van der Waals surface area contributed by atoms with Gasteiger partial charge in [-0.05, 0) is 19.1 Å². The lowest BCUT2D eigenvalue weighted by Gasteiger charge is -2.12. The average molecular weight is 283 g/mol. The maximum absolute atomic E-state index is 12.4. The van der Waals surface area contributed by atoms with Crippen LogP contribution in [0.15, 0.2) is 18.2 Å². The minimum atomic E-state index is -4.32. The fraction of sp³-hybridized carbons (Fsp3) is 0.400. The van der Waals surface area contributed by atoms with Crippen molar-refractivity contribution in [3.05, 3.63) is 29.3 Å². The van der Waals surface area contributed by atoms with E-state index in [1.54, 1.807) is 6.92 Å². The molecule has 0 radical (unpaired) electrons. The van der Waals surface area contributed by atoms with Crippen LogP contribution in [0.5, 0.6) is 5.75 Å². The van der Waals surface area contributed by atoms with Gasteiger partial charge in [-0.25, -0.2) is 0 Å². The summed E-state index contributed by atoms with van der Waals surface area (Å²) in [4.78, 5) is 0. The highest BCUT2D eigenvalue weighted by molar-refractivity contribution is 9.08. The van der Waals surface area contributed by atoms with Gasteiger partial charge in [-0.3, -0.25) is 0 Å². The average Bonchev–Trinajstić information content (AvgIpc) is 2.17. The summed E-state index contributed by atoms with van der Waals surface area (Å²) >= 11 is 3.19. The largest absolute Gasteiger partial charge is 0.494 e. The van der Waals surface area contributed by atoms with Gasteiger partial charge in [0.05, 0.1) is 12.2 Å². The quantitative estimate of drug-likeness (QED) is 0.762. The van der Waals surface area contributed by atoms with Gasteiger partial charge in [0.15, 0.2) is 0 Å². The van der Waals surface area contributed by atoms with Gasteiger partial charge >= 0.3 is 6.18 Å². The molecule has 0 heterocycles. The number of hydrogen-bond acceptors (Lipinski definition) is 1. The second kappa shape index (κ2) is 4.88. The molecular weight excluding hydrogens is 273 g/mol. The Morgan fingerprint density at radius 2 is 2.00 bits per heavy atom. The van der Waals surface area contributed by atoms with Gasteiger partial charge in [0.25, 0.3) is 0 Å². The number of rotatable bonds is 3. The van der Waals surface area contributed by atoms with Crippen LogP contribution >= 0.6 is 15.9 Å². The molecule has 15 heavy (non-hydrogen) atoms. The third-order valence-corrected chi connectivity index (χ3v) is 2.44. The Morgan fingerprint density at radius 1 is 1.33 bits per heavy atom. The Hall–Kier alpha value is -0.710. The predicted molar refractivity (Wildman–Crippen MR) is 55.2 cm³/mol. The summed E-state index contributed by atoms with van der Waals surface area (Å²) in [5, 5.41) is 0.473. The molecule has 1 rings (SSSR count). The molecule has 0 unspecified atom stereocenters. The summed E-state index contributed by atoms with van der Waals surface area (Å²) in [6.45, 7) is 2.08. The molecule has 0 aliphatic carbocycles. The summed E-state index contributed by atoms with van der Waals surface area (Å²) in [5.41, 5.74) is 0.0282. The van der Waals surface area contributed by atoms with Crippen LogP contribution in [0.3, 0.4) is 0 Å². The zero-order valence-electron chi connectivity index (χ0n) is 8.07. The van der Waals surface area contributed by atoms with Crippen molar-refractivity contribution in [1.29, 1.82) is 0 Å². The summed E-state index contributed by atoms with van der Waals surface area (Å²) in [7, 11) is 0. The number of halogens is 4. The van der Waals surface area contributed by atoms with Crippen LogP contribution in [0.2, 0.25) is 0 Å². The fourth-order valence-electron chi connectivity index (χ4n) is 1.13. The fourth-order valence-corrected chi connectivity index (χ4v) is 1.59. The summed E-state index contributed by atoms with van der Waals surface area (Å²) < 4.78 is 42.3. The highest BCUT2D eigenvalue weighted by atomic mass is 79.9. The molecule has 0 aliphatic heterocycles. The smallest absolute Gasteiger partial charge is 0.416 e. The molecule has 0 fully saturated rings. The first-order valence-electron chi connectivity index (χ1n) is 4.38. The molecule has 0 N–H and O–H groups in total. The Kier molecular flexibility index (Phi) is 4.02. The molecule has 0 spiro atoms. The maximum Gasteiger partial charge on any atom is 0.416 e. The van der Waals surface area contributed by atoms with Crippen LogP contribution in [0, 0.1) is 0 Å². The molecule has 0 bridgehead atoms. The van der Waals surface area contributed by atoms with Gasteiger partial charge < -0.3 is 4.74 Å². The normalized spacial score (nSPS) is 11.5. The van der Waals surface area contributed by atoms with Crippen molar-refractivity contribution in [1.82, 2.24) is 0 Å². The van der Waals surface area contributed by atoms with Crippen LogP contribution in [-0.4, -0.2) is 6.61 Å². The predicted octanol–water partition coefficient (Wildman–Crippen LogP) is 4.00. The number of benzene rings is 1. The second-order valence-corrected chi connectivity index (χ2v) is 3.45. The SMILES string of the molecule is CCOc1cc(C(F)(F)F)ccc1CBr. The third-order valence-electron chi connectivity index (χ3n) is 1.84. The topological polar surface area (TPSA) is 9.23 Å². The van der Waals surface area contributed by atoms with E-state index in [0.717, 1.165) is 12.1 Å². The molecule has 1 aromatic rings. The number of hydrogen-bond donors (Lipinski definition) is 0. The Balaban J connectivity index is 3.10. The zero-order valence-corrected chi connectivity index (χ0v) is 9.65. The third kappa shape index (κ3) is 3.12. The minimum absolute atomic E-state index is 0.282. The Bertz CT molecular complexity index is 336. The number of alkyl halides is 4. The first kappa shape index (κ1) is 12.4. The highest BCUT2D eigenvalue weighted by Gasteiger charge is 2.31. The van der Waals surface area contributed by atoms with Crippen LogP contribution in [0.1, 0.15) is 18.1 Å². The lowest BCUT2D eigenvalue weighted by atomic mass is 10.1. The molecule has 1 aromatic carbocycles. The van der Waals surface area contributed by atoms with E-state index in [1.165, 1.54) is 6.07 Å². The van der Waals surface area contributed by atoms with Crippen LogP contribution < -0.4 is 4.74 Å². The van der Waals surface area contributed by atoms with Gasteiger partial charge in [-0.15, -0.1) is 0 Å². The van der Waals surface area contributed by atoms with Crippen molar-refractivity contribution < 1.29 is 17.9 Å². The summed E-state index contributed by atoms with van der Waals surface area (Å²) in [6.07, 6.45) is -4.32. The second-order valence-electron chi connectivity index (χ2n) is 2.89. The minimum Gasteiger partial charge on any atom is -0.494 e. The van der Waals surface area contributed by atoms with E-state index in [1.807, 2.05) is 0 Å². The van der Waals surface area contributed by atoms with Crippen molar-refractivity contribution in [3.63, 3.8) is 0 Å². The van der Waals surface area contributed by atoms with E-state index >= 15 is 0 Å². The lowest BCUT2D eigenvalue weighted by molar-refractivity contribution is -0.137. The van der Waals surface area contributed by atoms with Gasteiger partial charge in [0.1, 0.15) is 5.75 Å². The van der Waals surface area contributed by atoms with E-state index in [0.29, 0.717) is 17.5 Å². The van der Waals surface area contributed by atoms with Crippen LogP contribution in [-0.2, 0) is 11.5 Å². The lowest BCUT2D eigenvalue weighted by Crippen LogP contribution is -2.06. The maximum atomic E-state index is 12.4. The first-order chi connectivity index (χ1) is 6.99. The molecule has 0 saturated heterocycles. The monoisotopic (exact) mass is 282 g/mol. The van der Waals surface area contributed by atoms with E-state index in [2.05, 4.69) is 15.9 Å². The van der Waals surface area contributed by atoms with Crippen LogP contribution in [0.4, 0.5) is 13.2 Å². The van der Waals surface area contributed by atoms with Crippen molar-refractivity contribution >= 4 is 15.9 Å². The number of ether oxygens (including phenoxy) is 1. The van der Waals surface area contributed by atoms with Gasteiger partial charge in [0, 0.05) is 10.9 Å². The zero-order chi connectivity index (χ0) is 11.5. The first-order valence-corrected chi connectivity index (χ1v) is 5.50. The summed E-state index contributed by atoms with van der Waals surface area (Å²) in [5.74, 6) is 0.282. The molecule has 0 amide bonds. The molecule has 0 aliphatic rings. The Morgan fingerprint density at radius 3 is 2.47 bits per heavy atom. The molecule has 1 nitrogen and oxygen atoms in total. The van der Waals surface area contributed by atoms with E-state index < -0.39 is 11.7 Å². The van der Waals surface area contributed by atoms with Crippen molar-refractivity contribution in [2.75, 3.05) is 6.61 Å². The molecular formula is C10H10BrF3O. The van der Waals surface area contributed by atoms with E-state index in [-0.39, 0.29) is 5.75 Å². The molecule has 0 atom stereocenters. The molecule has 0 saturated carbocycles. The molecule has 84 valence electrons. The Labute approximate surface area is 94.4 Å². The van der Waals surface area contributed by atoms with Gasteiger partial charge in [-0.2, -0.15) is 13.2 Å². The standard InChI is InChI=1S/C10H10BrF3O/c1-2-15-9-5-8(10(12,13)14)4-3-7(9)6-11/h3-5H,2,6H2,1H3. The van der Waals surface area contributed by atoms with Crippen molar-refractivity contribution in [2.45, 2.75) is 18.4 Å². The van der Waals surface area contributed by atoms with E-state index in [9.17, 15) is 13.2 Å². The van der Waals surface area contributed by atoms with E-state index in [4.69, 9.17) is 4.74 Å².